The fourth-order valence-electron chi connectivity index (χ4n) is 2.27. The van der Waals surface area contributed by atoms with Crippen LogP contribution in [-0.4, -0.2) is 36.6 Å². The summed E-state index contributed by atoms with van der Waals surface area (Å²) in [5, 5.41) is 0. The van der Waals surface area contributed by atoms with E-state index in [4.69, 9.17) is 10.2 Å². The van der Waals surface area contributed by atoms with E-state index in [1.807, 2.05) is 6.20 Å². The highest BCUT2D eigenvalue weighted by Crippen LogP contribution is 2.25. The minimum Gasteiger partial charge on any atom is -0.445 e. The van der Waals surface area contributed by atoms with E-state index in [1.165, 1.54) is 19.4 Å². The van der Waals surface area contributed by atoms with E-state index in [0.717, 1.165) is 31.0 Å². The topological polar surface area (TPSA) is 55.3 Å². The maximum Gasteiger partial charge on any atom is 0.198 e. The minimum absolute atomic E-state index is 0.477. The van der Waals surface area contributed by atoms with E-state index >= 15 is 0 Å². The van der Waals surface area contributed by atoms with Crippen molar-refractivity contribution in [2.24, 2.45) is 5.73 Å². The number of nitrogens with zero attached hydrogens (tertiary/aromatic N) is 2. The van der Waals surface area contributed by atoms with Gasteiger partial charge in [-0.05, 0) is 39.4 Å². The Labute approximate surface area is 96.8 Å². The highest BCUT2D eigenvalue weighted by molar-refractivity contribution is 5.01. The molecule has 0 radical (unpaired) electrons. The number of hydrogen-bond donors (Lipinski definition) is 1. The summed E-state index contributed by atoms with van der Waals surface area (Å²) < 4.78 is 5.78. The molecule has 0 spiro atoms. The highest BCUT2D eigenvalue weighted by Gasteiger charge is 2.22. The molecule has 4 heteroatoms. The minimum atomic E-state index is 0.477. The summed E-state index contributed by atoms with van der Waals surface area (Å²) in [7, 11) is 2.16. The maximum atomic E-state index is 5.78. The van der Waals surface area contributed by atoms with E-state index < -0.39 is 0 Å². The van der Waals surface area contributed by atoms with Gasteiger partial charge in [0, 0.05) is 18.9 Å². The number of likely N-dealkylation sites (N-methyl/N-ethyl adjacent to an activating group) is 1. The molecule has 16 heavy (non-hydrogen) atoms. The SMILES string of the molecule is CN1CCCC(c2ncc(CCCN)o2)C1. The second kappa shape index (κ2) is 5.46. The summed E-state index contributed by atoms with van der Waals surface area (Å²) in [6.07, 6.45) is 6.17. The van der Waals surface area contributed by atoms with Crippen LogP contribution >= 0.6 is 0 Å². The average Bonchev–Trinajstić information content (AvgIpc) is 2.75. The summed E-state index contributed by atoms with van der Waals surface area (Å²) in [6.45, 7) is 2.97. The van der Waals surface area contributed by atoms with Crippen LogP contribution in [0.25, 0.3) is 0 Å². The fraction of sp³-hybridized carbons (Fsp3) is 0.750. The third kappa shape index (κ3) is 2.83. The summed E-state index contributed by atoms with van der Waals surface area (Å²) in [5.74, 6) is 2.37. The average molecular weight is 223 g/mol. The smallest absolute Gasteiger partial charge is 0.198 e. The number of likely N-dealkylation sites (tertiary alicyclic amines) is 1. The molecule has 1 aliphatic heterocycles. The molecule has 1 saturated heterocycles. The second-order valence-electron chi connectivity index (χ2n) is 4.66. The predicted octanol–water partition coefficient (Wildman–Crippen LogP) is 1.38. The van der Waals surface area contributed by atoms with Gasteiger partial charge in [0.05, 0.1) is 6.20 Å². The Hall–Kier alpha value is -0.870. The van der Waals surface area contributed by atoms with Gasteiger partial charge in [-0.1, -0.05) is 0 Å². The molecule has 1 aromatic heterocycles. The lowest BCUT2D eigenvalue weighted by Gasteiger charge is -2.27. The molecule has 0 amide bonds. The van der Waals surface area contributed by atoms with Crippen LogP contribution < -0.4 is 5.73 Å². The molecular weight excluding hydrogens is 202 g/mol. The molecule has 0 aromatic carbocycles. The Balaban J connectivity index is 1.95. The van der Waals surface area contributed by atoms with Crippen molar-refractivity contribution in [1.29, 1.82) is 0 Å². The van der Waals surface area contributed by atoms with Crippen molar-refractivity contribution in [3.8, 4) is 0 Å². The van der Waals surface area contributed by atoms with Gasteiger partial charge in [-0.15, -0.1) is 0 Å². The molecule has 2 heterocycles. The number of nitrogens with two attached hydrogens (primary N) is 1. The van der Waals surface area contributed by atoms with Crippen molar-refractivity contribution < 1.29 is 4.42 Å². The lowest BCUT2D eigenvalue weighted by molar-refractivity contribution is 0.228. The summed E-state index contributed by atoms with van der Waals surface area (Å²) in [6, 6.07) is 0. The van der Waals surface area contributed by atoms with E-state index in [1.54, 1.807) is 0 Å². The standard InChI is InChI=1S/C12H21N3O/c1-15-7-3-4-10(9-15)12-14-8-11(16-12)5-2-6-13/h8,10H,2-7,9,13H2,1H3. The Morgan fingerprint density at radius 1 is 1.62 bits per heavy atom. The fourth-order valence-corrected chi connectivity index (χ4v) is 2.27. The van der Waals surface area contributed by atoms with E-state index in [0.29, 0.717) is 12.5 Å². The van der Waals surface area contributed by atoms with E-state index in [2.05, 4.69) is 16.9 Å². The third-order valence-corrected chi connectivity index (χ3v) is 3.17. The van der Waals surface area contributed by atoms with Gasteiger partial charge in [0.2, 0.25) is 0 Å². The van der Waals surface area contributed by atoms with Crippen molar-refractivity contribution in [2.45, 2.75) is 31.6 Å². The van der Waals surface area contributed by atoms with Crippen LogP contribution in [0.4, 0.5) is 0 Å². The van der Waals surface area contributed by atoms with Gasteiger partial charge >= 0.3 is 0 Å². The summed E-state index contributed by atoms with van der Waals surface area (Å²) >= 11 is 0. The van der Waals surface area contributed by atoms with Gasteiger partial charge in [-0.3, -0.25) is 0 Å². The largest absolute Gasteiger partial charge is 0.445 e. The molecule has 1 fully saturated rings. The Kier molecular flexibility index (Phi) is 3.96. The second-order valence-corrected chi connectivity index (χ2v) is 4.66. The predicted molar refractivity (Wildman–Crippen MR) is 63.4 cm³/mol. The number of aromatic nitrogens is 1. The molecule has 2 rings (SSSR count). The van der Waals surface area contributed by atoms with Gasteiger partial charge in [0.1, 0.15) is 5.76 Å². The summed E-state index contributed by atoms with van der Waals surface area (Å²) in [5.41, 5.74) is 5.48. The zero-order valence-corrected chi connectivity index (χ0v) is 9.98. The van der Waals surface area contributed by atoms with Gasteiger partial charge in [0.15, 0.2) is 5.89 Å². The van der Waals surface area contributed by atoms with Crippen LogP contribution in [0.3, 0.4) is 0 Å². The maximum absolute atomic E-state index is 5.78. The number of rotatable bonds is 4. The molecule has 90 valence electrons. The molecule has 2 N–H and O–H groups in total. The molecular formula is C12H21N3O. The van der Waals surface area contributed by atoms with Crippen molar-refractivity contribution in [3.05, 3.63) is 17.8 Å². The lowest BCUT2D eigenvalue weighted by Crippen LogP contribution is -2.30. The van der Waals surface area contributed by atoms with Gasteiger partial charge in [0.25, 0.3) is 0 Å². The number of aryl methyl sites for hydroxylation is 1. The monoisotopic (exact) mass is 223 g/mol. The quantitative estimate of drug-likeness (QED) is 0.837. The number of piperidine rings is 1. The molecule has 4 nitrogen and oxygen atoms in total. The van der Waals surface area contributed by atoms with Crippen molar-refractivity contribution in [1.82, 2.24) is 9.88 Å². The molecule has 0 aliphatic carbocycles. The molecule has 1 aromatic rings. The normalized spacial score (nSPS) is 22.5. The zero-order chi connectivity index (χ0) is 11.4. The van der Waals surface area contributed by atoms with Gasteiger partial charge < -0.3 is 15.1 Å². The lowest BCUT2D eigenvalue weighted by atomic mass is 9.99. The van der Waals surface area contributed by atoms with Crippen LogP contribution in [0.15, 0.2) is 10.6 Å². The molecule has 0 saturated carbocycles. The van der Waals surface area contributed by atoms with E-state index in [9.17, 15) is 0 Å². The number of oxazole rings is 1. The van der Waals surface area contributed by atoms with Crippen molar-refractivity contribution in [2.75, 3.05) is 26.7 Å². The van der Waals surface area contributed by atoms with Crippen molar-refractivity contribution in [3.63, 3.8) is 0 Å². The Bertz CT molecular complexity index is 324. The zero-order valence-electron chi connectivity index (χ0n) is 9.98. The van der Waals surface area contributed by atoms with Gasteiger partial charge in [-0.2, -0.15) is 0 Å². The van der Waals surface area contributed by atoms with Crippen LogP contribution in [0.1, 0.15) is 36.8 Å². The summed E-state index contributed by atoms with van der Waals surface area (Å²) in [4.78, 5) is 6.74. The third-order valence-electron chi connectivity index (χ3n) is 3.17. The van der Waals surface area contributed by atoms with Crippen LogP contribution in [0.2, 0.25) is 0 Å². The van der Waals surface area contributed by atoms with Crippen LogP contribution in [-0.2, 0) is 6.42 Å². The highest BCUT2D eigenvalue weighted by atomic mass is 16.4. The molecule has 1 unspecified atom stereocenters. The first kappa shape index (κ1) is 11.6. The van der Waals surface area contributed by atoms with Crippen LogP contribution in [0.5, 0.6) is 0 Å². The Morgan fingerprint density at radius 3 is 3.25 bits per heavy atom. The first-order valence-corrected chi connectivity index (χ1v) is 6.13. The molecule has 1 atom stereocenters. The Morgan fingerprint density at radius 2 is 2.50 bits per heavy atom. The van der Waals surface area contributed by atoms with Crippen LogP contribution in [0, 0.1) is 0 Å². The molecule has 0 bridgehead atoms. The first-order chi connectivity index (χ1) is 7.79. The molecule has 1 aliphatic rings. The number of hydrogen-bond acceptors (Lipinski definition) is 4. The van der Waals surface area contributed by atoms with E-state index in [-0.39, 0.29) is 0 Å². The van der Waals surface area contributed by atoms with Crippen molar-refractivity contribution >= 4 is 0 Å². The first-order valence-electron chi connectivity index (χ1n) is 6.13. The van der Waals surface area contributed by atoms with Gasteiger partial charge in [-0.25, -0.2) is 4.98 Å².